The fourth-order valence-electron chi connectivity index (χ4n) is 4.98. The van der Waals surface area contributed by atoms with E-state index >= 15 is 0 Å². The lowest BCUT2D eigenvalue weighted by atomic mass is 9.90. The molecule has 1 amide bonds. The predicted molar refractivity (Wildman–Crippen MR) is 115 cm³/mol. The van der Waals surface area contributed by atoms with Gasteiger partial charge in [-0.15, -0.1) is 0 Å². The van der Waals surface area contributed by atoms with Crippen LogP contribution < -0.4 is 5.56 Å². The van der Waals surface area contributed by atoms with Crippen molar-refractivity contribution in [3.8, 4) is 0 Å². The zero-order valence-corrected chi connectivity index (χ0v) is 18.4. The van der Waals surface area contributed by atoms with Gasteiger partial charge in [-0.25, -0.2) is 9.50 Å². The minimum absolute atomic E-state index is 0.0185. The molecule has 162 valence electrons. The van der Waals surface area contributed by atoms with E-state index in [2.05, 4.69) is 10.00 Å². The van der Waals surface area contributed by atoms with Gasteiger partial charge in [0.05, 0.1) is 23.0 Å². The van der Waals surface area contributed by atoms with Gasteiger partial charge in [-0.1, -0.05) is 20.8 Å². The largest absolute Gasteiger partial charge is 0.334 e. The number of aromatic nitrogens is 3. The Hall–Kier alpha value is -2.15. The van der Waals surface area contributed by atoms with Crippen molar-refractivity contribution >= 4 is 11.6 Å². The summed E-state index contributed by atoms with van der Waals surface area (Å²) in [5.74, 6) is 0.988. The van der Waals surface area contributed by atoms with E-state index < -0.39 is 5.41 Å². The van der Waals surface area contributed by atoms with Crippen LogP contribution in [0.5, 0.6) is 0 Å². The zero-order chi connectivity index (χ0) is 21.0. The molecule has 1 atom stereocenters. The van der Waals surface area contributed by atoms with E-state index in [0.29, 0.717) is 12.2 Å². The maximum atomic E-state index is 13.3. The smallest absolute Gasteiger partial charge is 0.277 e. The van der Waals surface area contributed by atoms with Crippen molar-refractivity contribution in [3.05, 3.63) is 33.4 Å². The lowest BCUT2D eigenvalue weighted by Crippen LogP contribution is -2.44. The van der Waals surface area contributed by atoms with Crippen LogP contribution in [0, 0.1) is 11.3 Å². The van der Waals surface area contributed by atoms with Gasteiger partial charge in [0.1, 0.15) is 0 Å². The highest BCUT2D eigenvalue weighted by Gasteiger charge is 2.35. The third-order valence-electron chi connectivity index (χ3n) is 6.84. The Morgan fingerprint density at radius 1 is 1.20 bits per heavy atom. The minimum Gasteiger partial charge on any atom is -0.334 e. The molecule has 1 N–H and O–H groups in total. The molecule has 4 heterocycles. The molecule has 1 aliphatic carbocycles. The number of carbonyl (C=O) groups is 1. The van der Waals surface area contributed by atoms with Crippen LogP contribution in [0.1, 0.15) is 75.9 Å². The number of H-pyrrole nitrogens is 1. The summed E-state index contributed by atoms with van der Waals surface area (Å²) in [6.07, 6.45) is 6.52. The second kappa shape index (κ2) is 7.22. The average Bonchev–Trinajstić information content (AvgIpc) is 3.43. The molecule has 30 heavy (non-hydrogen) atoms. The first kappa shape index (κ1) is 19.8. The number of piperidine rings is 1. The quantitative estimate of drug-likeness (QED) is 0.843. The minimum atomic E-state index is -0.416. The monoisotopic (exact) mass is 411 g/mol. The summed E-state index contributed by atoms with van der Waals surface area (Å²) in [6, 6.07) is 1.96. The lowest BCUT2D eigenvalue weighted by Gasteiger charge is -2.38. The van der Waals surface area contributed by atoms with Crippen molar-refractivity contribution in [2.45, 2.75) is 71.9 Å². The Morgan fingerprint density at radius 3 is 2.73 bits per heavy atom. The number of aromatic amines is 1. The molecule has 0 radical (unpaired) electrons. The van der Waals surface area contributed by atoms with Crippen LogP contribution in [0.4, 0.5) is 0 Å². The standard InChI is InChI=1S/C23H33N5O2/c1-23(2,3)22(30)27-10-5-4-6-19(27)18-12-20-24-17-9-11-26(13-15-7-8-15)14-16(17)21(29)28(20)25-18/h12,15,19,25H,4-11,13-14H2,1-3H3. The first-order chi connectivity index (χ1) is 14.3. The van der Waals surface area contributed by atoms with Crippen molar-refractivity contribution < 1.29 is 4.79 Å². The third-order valence-corrected chi connectivity index (χ3v) is 6.84. The van der Waals surface area contributed by atoms with Crippen LogP contribution >= 0.6 is 0 Å². The van der Waals surface area contributed by atoms with E-state index in [4.69, 9.17) is 4.98 Å². The molecular formula is C23H33N5O2. The van der Waals surface area contributed by atoms with E-state index in [1.165, 1.54) is 12.8 Å². The summed E-state index contributed by atoms with van der Waals surface area (Å²) < 4.78 is 1.60. The number of fused-ring (bicyclic) bond motifs is 2. The van der Waals surface area contributed by atoms with Crippen molar-refractivity contribution in [2.75, 3.05) is 19.6 Å². The number of nitrogens with one attached hydrogen (secondary N) is 1. The summed E-state index contributed by atoms with van der Waals surface area (Å²) in [5, 5.41) is 3.32. The van der Waals surface area contributed by atoms with Crippen LogP contribution in [0.2, 0.25) is 0 Å². The van der Waals surface area contributed by atoms with E-state index in [9.17, 15) is 9.59 Å². The van der Waals surface area contributed by atoms with E-state index in [-0.39, 0.29) is 17.5 Å². The Bertz CT molecular complexity index is 1030. The molecule has 2 fully saturated rings. The first-order valence-electron chi connectivity index (χ1n) is 11.5. The molecule has 0 bridgehead atoms. The molecule has 7 nitrogen and oxygen atoms in total. The van der Waals surface area contributed by atoms with Gasteiger partial charge < -0.3 is 4.90 Å². The van der Waals surface area contributed by atoms with E-state index in [1.54, 1.807) is 4.52 Å². The summed E-state index contributed by atoms with van der Waals surface area (Å²) >= 11 is 0. The Balaban J connectivity index is 1.48. The number of hydrogen-bond acceptors (Lipinski definition) is 4. The van der Waals surface area contributed by atoms with Gasteiger partial charge in [-0.3, -0.25) is 19.6 Å². The molecule has 7 heteroatoms. The van der Waals surface area contributed by atoms with Crippen LogP contribution in [-0.4, -0.2) is 49.9 Å². The third kappa shape index (κ3) is 3.57. The van der Waals surface area contributed by atoms with Gasteiger partial charge in [0.2, 0.25) is 5.91 Å². The SMILES string of the molecule is CC(C)(C)C(=O)N1CCCCC1c1cc2nc3c(c(=O)n2[nH]1)CN(CC1CC1)CC3. The summed E-state index contributed by atoms with van der Waals surface area (Å²) in [5.41, 5.74) is 2.99. The van der Waals surface area contributed by atoms with Crippen molar-refractivity contribution in [2.24, 2.45) is 11.3 Å². The Labute approximate surface area is 177 Å². The van der Waals surface area contributed by atoms with Crippen molar-refractivity contribution in [1.29, 1.82) is 0 Å². The molecule has 5 rings (SSSR count). The number of nitrogens with zero attached hydrogens (tertiary/aromatic N) is 4. The van der Waals surface area contributed by atoms with Crippen LogP contribution in [0.3, 0.4) is 0 Å². The highest BCUT2D eigenvalue weighted by molar-refractivity contribution is 5.82. The van der Waals surface area contributed by atoms with Crippen LogP contribution in [0.15, 0.2) is 10.9 Å². The molecule has 1 saturated carbocycles. The maximum Gasteiger partial charge on any atom is 0.277 e. The lowest BCUT2D eigenvalue weighted by molar-refractivity contribution is -0.143. The number of carbonyl (C=O) groups excluding carboxylic acids is 1. The summed E-state index contributed by atoms with van der Waals surface area (Å²) in [7, 11) is 0. The maximum absolute atomic E-state index is 13.3. The summed E-state index contributed by atoms with van der Waals surface area (Å²) in [4.78, 5) is 35.6. The molecule has 0 spiro atoms. The normalized spacial score (nSPS) is 23.0. The van der Waals surface area contributed by atoms with Gasteiger partial charge in [0, 0.05) is 44.1 Å². The first-order valence-corrected chi connectivity index (χ1v) is 11.5. The second-order valence-corrected chi connectivity index (χ2v) is 10.4. The van der Waals surface area contributed by atoms with Crippen LogP contribution in [0.25, 0.3) is 5.65 Å². The molecule has 3 aliphatic rings. The average molecular weight is 412 g/mol. The van der Waals surface area contributed by atoms with Gasteiger partial charge in [0.15, 0.2) is 5.65 Å². The Morgan fingerprint density at radius 2 is 2.00 bits per heavy atom. The van der Waals surface area contributed by atoms with Crippen molar-refractivity contribution in [3.63, 3.8) is 0 Å². The van der Waals surface area contributed by atoms with Gasteiger partial charge in [0.25, 0.3) is 5.56 Å². The van der Waals surface area contributed by atoms with Gasteiger partial charge in [-0.05, 0) is 38.0 Å². The highest BCUT2D eigenvalue weighted by atomic mass is 16.2. The Kier molecular flexibility index (Phi) is 4.76. The number of amides is 1. The highest BCUT2D eigenvalue weighted by Crippen LogP contribution is 2.34. The number of likely N-dealkylation sites (tertiary alicyclic amines) is 1. The van der Waals surface area contributed by atoms with Crippen molar-refractivity contribution in [1.82, 2.24) is 24.4 Å². The number of hydrogen-bond donors (Lipinski definition) is 1. The second-order valence-electron chi connectivity index (χ2n) is 10.4. The van der Waals surface area contributed by atoms with Gasteiger partial charge in [-0.2, -0.15) is 0 Å². The van der Waals surface area contributed by atoms with Gasteiger partial charge >= 0.3 is 0 Å². The van der Waals surface area contributed by atoms with E-state index in [0.717, 1.165) is 68.2 Å². The molecule has 2 aromatic heterocycles. The fourth-order valence-corrected chi connectivity index (χ4v) is 4.98. The predicted octanol–water partition coefficient (Wildman–Crippen LogP) is 2.89. The fraction of sp³-hybridized carbons (Fsp3) is 0.696. The number of rotatable bonds is 3. The topological polar surface area (TPSA) is 73.7 Å². The molecular weight excluding hydrogens is 378 g/mol. The molecule has 2 aliphatic heterocycles. The summed E-state index contributed by atoms with van der Waals surface area (Å²) in [6.45, 7) is 9.47. The molecule has 1 unspecified atom stereocenters. The molecule has 1 saturated heterocycles. The van der Waals surface area contributed by atoms with Crippen LogP contribution in [-0.2, 0) is 17.8 Å². The molecule has 0 aromatic carbocycles. The zero-order valence-electron chi connectivity index (χ0n) is 18.4. The van der Waals surface area contributed by atoms with E-state index in [1.807, 2.05) is 31.7 Å². The molecule has 2 aromatic rings.